The van der Waals surface area contributed by atoms with Gasteiger partial charge in [-0.05, 0) is 38.0 Å². The minimum absolute atomic E-state index is 0.153. The van der Waals surface area contributed by atoms with Crippen LogP contribution >= 0.6 is 15.9 Å². The van der Waals surface area contributed by atoms with Crippen LogP contribution in [0.4, 0.5) is 0 Å². The lowest BCUT2D eigenvalue weighted by Crippen LogP contribution is -2.25. The molecule has 0 spiro atoms. The van der Waals surface area contributed by atoms with E-state index >= 15 is 0 Å². The zero-order valence-corrected chi connectivity index (χ0v) is 14.0. The Hall–Kier alpha value is -2.02. The molecule has 0 saturated heterocycles. The molecular formula is C15H17BrN4O2. The summed E-state index contributed by atoms with van der Waals surface area (Å²) in [6.07, 6.45) is 0.655. The second kappa shape index (κ2) is 7.31. The minimum atomic E-state index is -0.317. The molecule has 0 aliphatic carbocycles. The van der Waals surface area contributed by atoms with Crippen molar-refractivity contribution >= 4 is 39.2 Å². The minimum Gasteiger partial charge on any atom is -0.273 e. The summed E-state index contributed by atoms with van der Waals surface area (Å²) in [4.78, 5) is 23.3. The number of amides is 2. The van der Waals surface area contributed by atoms with Crippen LogP contribution in [0.1, 0.15) is 32.3 Å². The Balaban J connectivity index is 1.84. The molecule has 2 amide bonds. The summed E-state index contributed by atoms with van der Waals surface area (Å²) in [5, 5.41) is 7.93. The van der Waals surface area contributed by atoms with Crippen LogP contribution in [0, 0.1) is 5.92 Å². The van der Waals surface area contributed by atoms with E-state index < -0.39 is 0 Å². The molecule has 1 unspecified atom stereocenters. The lowest BCUT2D eigenvalue weighted by Gasteiger charge is -2.07. The van der Waals surface area contributed by atoms with E-state index in [1.165, 1.54) is 0 Å². The fourth-order valence-corrected chi connectivity index (χ4v) is 2.33. The predicted octanol–water partition coefficient (Wildman–Crippen LogP) is 2.19. The fraction of sp³-hybridized carbons (Fsp3) is 0.333. The first kappa shape index (κ1) is 16.4. The molecule has 1 aromatic carbocycles. The number of benzene rings is 1. The van der Waals surface area contributed by atoms with Gasteiger partial charge in [-0.1, -0.05) is 28.1 Å². The number of hydrogen-bond acceptors (Lipinski definition) is 4. The molecule has 1 aliphatic heterocycles. The Kier molecular flexibility index (Phi) is 5.43. The third kappa shape index (κ3) is 4.24. The highest BCUT2D eigenvalue weighted by atomic mass is 79.9. The summed E-state index contributed by atoms with van der Waals surface area (Å²) < 4.78 is 0.986. The third-order valence-corrected chi connectivity index (χ3v) is 3.96. The summed E-state index contributed by atoms with van der Waals surface area (Å²) in [6, 6.07) is 7.66. The number of nitrogens with zero attached hydrogens (tertiary/aromatic N) is 2. The first-order valence-electron chi connectivity index (χ1n) is 6.90. The van der Waals surface area contributed by atoms with Gasteiger partial charge in [0.25, 0.3) is 0 Å². The highest BCUT2D eigenvalue weighted by Crippen LogP contribution is 2.14. The summed E-state index contributed by atoms with van der Waals surface area (Å²) in [5.74, 6) is -0.689. The number of hydrogen-bond donors (Lipinski definition) is 2. The number of carbonyl (C=O) groups is 2. The number of carbonyl (C=O) groups excluding carboxylic acids is 2. The van der Waals surface area contributed by atoms with Crippen LogP contribution < -0.4 is 10.9 Å². The molecule has 0 radical (unpaired) electrons. The number of rotatable bonds is 5. The van der Waals surface area contributed by atoms with Crippen molar-refractivity contribution in [2.24, 2.45) is 16.1 Å². The average Bonchev–Trinajstić information content (AvgIpc) is 2.82. The second-order valence-electron chi connectivity index (χ2n) is 5.06. The topological polar surface area (TPSA) is 82.9 Å². The normalized spacial score (nSPS) is 18.0. The van der Waals surface area contributed by atoms with Gasteiger partial charge in [0.2, 0.25) is 11.8 Å². The molecule has 0 aromatic heterocycles. The summed E-state index contributed by atoms with van der Waals surface area (Å²) in [7, 11) is 0. The first-order valence-corrected chi connectivity index (χ1v) is 7.70. The molecule has 7 heteroatoms. The summed E-state index contributed by atoms with van der Waals surface area (Å²) >= 11 is 3.37. The predicted molar refractivity (Wildman–Crippen MR) is 88.5 cm³/mol. The van der Waals surface area contributed by atoms with Crippen LogP contribution in [0.3, 0.4) is 0 Å². The molecule has 1 atom stereocenters. The van der Waals surface area contributed by atoms with Crippen LogP contribution in [0.25, 0.3) is 0 Å². The van der Waals surface area contributed by atoms with Crippen molar-refractivity contribution in [1.29, 1.82) is 0 Å². The van der Waals surface area contributed by atoms with Gasteiger partial charge in [-0.3, -0.25) is 9.59 Å². The zero-order valence-electron chi connectivity index (χ0n) is 12.4. The Morgan fingerprint density at radius 3 is 2.68 bits per heavy atom. The second-order valence-corrected chi connectivity index (χ2v) is 5.98. The quantitative estimate of drug-likeness (QED) is 0.619. The number of hydrazone groups is 2. The molecule has 1 aliphatic rings. The molecule has 2 rings (SSSR count). The van der Waals surface area contributed by atoms with Crippen molar-refractivity contribution in [3.63, 3.8) is 0 Å². The van der Waals surface area contributed by atoms with E-state index in [0.717, 1.165) is 15.7 Å². The van der Waals surface area contributed by atoms with Gasteiger partial charge in [-0.15, -0.1) is 0 Å². The fourth-order valence-electron chi connectivity index (χ4n) is 2.06. The maximum Gasteiger partial charge on any atom is 0.248 e. The standard InChI is InChI=1S/C15H17BrN4O2/c1-9(11-3-5-12(16)6-4-11)17-19-14(21)8-7-13-10(2)18-20-15(13)22/h3-6,13H,7-8H2,1-2H3,(H,19,21)(H,20,22)/b17-9+. The van der Waals surface area contributed by atoms with Crippen molar-refractivity contribution in [2.75, 3.05) is 0 Å². The van der Waals surface area contributed by atoms with Crippen molar-refractivity contribution in [3.8, 4) is 0 Å². The molecule has 2 N–H and O–H groups in total. The van der Waals surface area contributed by atoms with Gasteiger partial charge in [0.15, 0.2) is 0 Å². The Morgan fingerprint density at radius 2 is 2.09 bits per heavy atom. The van der Waals surface area contributed by atoms with Gasteiger partial charge in [-0.2, -0.15) is 10.2 Å². The average molecular weight is 365 g/mol. The van der Waals surface area contributed by atoms with Gasteiger partial charge in [0.05, 0.1) is 11.6 Å². The van der Waals surface area contributed by atoms with Crippen molar-refractivity contribution in [2.45, 2.75) is 26.7 Å². The highest BCUT2D eigenvalue weighted by Gasteiger charge is 2.26. The van der Waals surface area contributed by atoms with Crippen molar-refractivity contribution in [3.05, 3.63) is 34.3 Å². The number of nitrogens with one attached hydrogen (secondary N) is 2. The van der Waals surface area contributed by atoms with Gasteiger partial charge >= 0.3 is 0 Å². The monoisotopic (exact) mass is 364 g/mol. The molecule has 6 nitrogen and oxygen atoms in total. The highest BCUT2D eigenvalue weighted by molar-refractivity contribution is 9.10. The lowest BCUT2D eigenvalue weighted by molar-refractivity contribution is -0.123. The number of halogens is 1. The smallest absolute Gasteiger partial charge is 0.248 e. The maximum absolute atomic E-state index is 11.8. The Labute approximate surface area is 137 Å². The van der Waals surface area contributed by atoms with E-state index in [0.29, 0.717) is 12.1 Å². The van der Waals surface area contributed by atoms with Gasteiger partial charge in [0.1, 0.15) is 0 Å². The molecule has 1 aromatic rings. The molecular weight excluding hydrogens is 348 g/mol. The van der Waals surface area contributed by atoms with Gasteiger partial charge < -0.3 is 0 Å². The van der Waals surface area contributed by atoms with Crippen LogP contribution in [0.5, 0.6) is 0 Å². The first-order chi connectivity index (χ1) is 10.5. The lowest BCUT2D eigenvalue weighted by atomic mass is 9.99. The molecule has 0 bridgehead atoms. The summed E-state index contributed by atoms with van der Waals surface area (Å²) in [6.45, 7) is 3.60. The van der Waals surface area contributed by atoms with Crippen LogP contribution in [0.15, 0.2) is 38.9 Å². The van der Waals surface area contributed by atoms with E-state index in [-0.39, 0.29) is 24.2 Å². The van der Waals surface area contributed by atoms with Crippen LogP contribution in [0.2, 0.25) is 0 Å². The Morgan fingerprint density at radius 1 is 1.41 bits per heavy atom. The van der Waals surface area contributed by atoms with E-state index in [2.05, 4.69) is 37.0 Å². The van der Waals surface area contributed by atoms with E-state index in [9.17, 15) is 9.59 Å². The molecule has 116 valence electrons. The van der Waals surface area contributed by atoms with Crippen molar-refractivity contribution in [1.82, 2.24) is 10.9 Å². The molecule has 0 fully saturated rings. The van der Waals surface area contributed by atoms with Crippen LogP contribution in [-0.4, -0.2) is 23.2 Å². The molecule has 0 saturated carbocycles. The maximum atomic E-state index is 11.8. The SMILES string of the molecule is CC1=NNC(=O)C1CCC(=O)N/N=C(\C)c1ccc(Br)cc1. The van der Waals surface area contributed by atoms with E-state index in [4.69, 9.17) is 0 Å². The van der Waals surface area contributed by atoms with E-state index in [1.54, 1.807) is 6.92 Å². The van der Waals surface area contributed by atoms with E-state index in [1.807, 2.05) is 31.2 Å². The zero-order chi connectivity index (χ0) is 16.1. The largest absolute Gasteiger partial charge is 0.273 e. The van der Waals surface area contributed by atoms with Crippen LogP contribution in [-0.2, 0) is 9.59 Å². The third-order valence-electron chi connectivity index (χ3n) is 3.43. The van der Waals surface area contributed by atoms with Gasteiger partial charge in [0, 0.05) is 16.6 Å². The summed E-state index contributed by atoms with van der Waals surface area (Å²) in [5.41, 5.74) is 7.29. The van der Waals surface area contributed by atoms with Gasteiger partial charge in [-0.25, -0.2) is 10.9 Å². The molecule has 1 heterocycles. The van der Waals surface area contributed by atoms with Crippen molar-refractivity contribution < 1.29 is 9.59 Å². The Bertz CT molecular complexity index is 637. The molecule has 22 heavy (non-hydrogen) atoms.